The third-order valence-corrected chi connectivity index (χ3v) is 4.38. The summed E-state index contributed by atoms with van der Waals surface area (Å²) >= 11 is 0. The van der Waals surface area contributed by atoms with Crippen molar-refractivity contribution in [2.24, 2.45) is 11.7 Å². The normalized spacial score (nSPS) is 18.4. The van der Waals surface area contributed by atoms with E-state index >= 15 is 0 Å². The van der Waals surface area contributed by atoms with E-state index in [0.717, 1.165) is 39.1 Å². The van der Waals surface area contributed by atoms with Gasteiger partial charge in [0, 0.05) is 45.1 Å². The van der Waals surface area contributed by atoms with Gasteiger partial charge in [-0.1, -0.05) is 20.3 Å². The fourth-order valence-electron chi connectivity index (χ4n) is 2.58. The Bertz CT molecular complexity index is 449. The number of hydrogen-bond acceptors (Lipinski definition) is 4. The molecule has 2 rings (SSSR count). The molecule has 6 heteroatoms. The molecule has 2 heterocycles. The summed E-state index contributed by atoms with van der Waals surface area (Å²) in [6.07, 6.45) is 4.58. The average molecular weight is 327 g/mol. The smallest absolute Gasteiger partial charge is 0.239 e. The van der Waals surface area contributed by atoms with Gasteiger partial charge in [-0.15, -0.1) is 12.4 Å². The van der Waals surface area contributed by atoms with Gasteiger partial charge in [-0.3, -0.25) is 14.7 Å². The Balaban J connectivity index is 0.00000242. The van der Waals surface area contributed by atoms with Crippen LogP contribution in [0.5, 0.6) is 0 Å². The van der Waals surface area contributed by atoms with Crippen LogP contribution in [0.3, 0.4) is 0 Å². The van der Waals surface area contributed by atoms with Crippen LogP contribution in [0.25, 0.3) is 0 Å². The molecule has 22 heavy (non-hydrogen) atoms. The molecular formula is C16H27ClN4O. The van der Waals surface area contributed by atoms with E-state index in [0.29, 0.717) is 0 Å². The molecule has 0 aliphatic carbocycles. The van der Waals surface area contributed by atoms with Gasteiger partial charge in [0.25, 0.3) is 0 Å². The number of pyridine rings is 1. The van der Waals surface area contributed by atoms with E-state index in [1.54, 1.807) is 0 Å². The molecule has 0 bridgehead atoms. The number of amides is 1. The lowest BCUT2D eigenvalue weighted by atomic mass is 9.98. The molecule has 1 saturated heterocycles. The monoisotopic (exact) mass is 326 g/mol. The third-order valence-electron chi connectivity index (χ3n) is 4.38. The van der Waals surface area contributed by atoms with E-state index in [2.05, 4.69) is 16.8 Å². The molecule has 1 aliphatic heterocycles. The minimum atomic E-state index is -0.359. The van der Waals surface area contributed by atoms with Gasteiger partial charge in [0.2, 0.25) is 5.91 Å². The zero-order valence-corrected chi connectivity index (χ0v) is 14.3. The molecule has 0 aromatic carbocycles. The summed E-state index contributed by atoms with van der Waals surface area (Å²) < 4.78 is 0. The van der Waals surface area contributed by atoms with Crippen LogP contribution in [-0.2, 0) is 11.3 Å². The maximum Gasteiger partial charge on any atom is 0.239 e. The van der Waals surface area contributed by atoms with Gasteiger partial charge >= 0.3 is 0 Å². The van der Waals surface area contributed by atoms with Gasteiger partial charge in [0.1, 0.15) is 0 Å². The largest absolute Gasteiger partial charge is 0.339 e. The molecule has 2 atom stereocenters. The Labute approximate surface area is 139 Å². The molecular weight excluding hydrogens is 300 g/mol. The van der Waals surface area contributed by atoms with Crippen molar-refractivity contribution in [3.8, 4) is 0 Å². The predicted molar refractivity (Wildman–Crippen MR) is 90.8 cm³/mol. The molecule has 2 N–H and O–H groups in total. The van der Waals surface area contributed by atoms with Gasteiger partial charge in [-0.25, -0.2) is 0 Å². The van der Waals surface area contributed by atoms with Crippen LogP contribution in [-0.4, -0.2) is 52.9 Å². The Morgan fingerprint density at radius 3 is 2.41 bits per heavy atom. The van der Waals surface area contributed by atoms with Crippen LogP contribution in [0.4, 0.5) is 0 Å². The zero-order chi connectivity index (χ0) is 15.2. The van der Waals surface area contributed by atoms with Crippen LogP contribution in [0.1, 0.15) is 25.8 Å². The second-order valence-corrected chi connectivity index (χ2v) is 5.87. The molecule has 1 aliphatic rings. The number of nitrogens with two attached hydrogens (primary N) is 1. The summed E-state index contributed by atoms with van der Waals surface area (Å²) in [5.41, 5.74) is 7.31. The number of nitrogens with zero attached hydrogens (tertiary/aromatic N) is 3. The highest BCUT2D eigenvalue weighted by Gasteiger charge is 2.27. The molecule has 0 saturated carbocycles. The molecule has 2 unspecified atom stereocenters. The summed E-state index contributed by atoms with van der Waals surface area (Å²) in [5.74, 6) is 0.347. The first-order chi connectivity index (χ1) is 10.1. The van der Waals surface area contributed by atoms with Crippen molar-refractivity contribution >= 4 is 18.3 Å². The second-order valence-electron chi connectivity index (χ2n) is 5.87. The van der Waals surface area contributed by atoms with Crippen molar-refractivity contribution in [2.75, 3.05) is 26.2 Å². The van der Waals surface area contributed by atoms with E-state index in [-0.39, 0.29) is 30.3 Å². The fraction of sp³-hybridized carbons (Fsp3) is 0.625. The lowest BCUT2D eigenvalue weighted by Gasteiger charge is -2.36. The van der Waals surface area contributed by atoms with E-state index < -0.39 is 0 Å². The summed E-state index contributed by atoms with van der Waals surface area (Å²) in [6, 6.07) is 3.72. The number of aromatic nitrogens is 1. The number of carbonyl (C=O) groups is 1. The Kier molecular flexibility index (Phi) is 7.79. The van der Waals surface area contributed by atoms with Gasteiger partial charge < -0.3 is 10.6 Å². The SMILES string of the molecule is CCC(C)C(N)C(=O)N1CCN(Cc2ccncc2)CC1.Cl. The molecule has 124 valence electrons. The summed E-state index contributed by atoms with van der Waals surface area (Å²) in [4.78, 5) is 20.7. The van der Waals surface area contributed by atoms with E-state index in [1.807, 2.05) is 36.4 Å². The van der Waals surface area contributed by atoms with E-state index in [9.17, 15) is 4.79 Å². The second kappa shape index (κ2) is 9.08. The fourth-order valence-corrected chi connectivity index (χ4v) is 2.58. The number of halogens is 1. The molecule has 1 aromatic heterocycles. The predicted octanol–water partition coefficient (Wildman–Crippen LogP) is 1.52. The maximum absolute atomic E-state index is 12.3. The number of hydrogen-bond donors (Lipinski definition) is 1. The summed E-state index contributed by atoms with van der Waals surface area (Å²) in [6.45, 7) is 8.39. The van der Waals surface area contributed by atoms with Crippen LogP contribution in [0, 0.1) is 5.92 Å². The van der Waals surface area contributed by atoms with Crippen LogP contribution >= 0.6 is 12.4 Å². The molecule has 0 radical (unpaired) electrons. The minimum absolute atomic E-state index is 0. The summed E-state index contributed by atoms with van der Waals surface area (Å²) in [7, 11) is 0. The quantitative estimate of drug-likeness (QED) is 0.891. The highest BCUT2D eigenvalue weighted by atomic mass is 35.5. The van der Waals surface area contributed by atoms with Gasteiger partial charge in [0.05, 0.1) is 6.04 Å². The van der Waals surface area contributed by atoms with Crippen molar-refractivity contribution in [1.82, 2.24) is 14.8 Å². The molecule has 1 fully saturated rings. The number of carbonyl (C=O) groups excluding carboxylic acids is 1. The Hall–Kier alpha value is -1.17. The molecule has 1 aromatic rings. The standard InChI is InChI=1S/C16H26N4O.ClH/c1-3-13(2)15(17)16(21)20-10-8-19(9-11-20)12-14-4-6-18-7-5-14;/h4-7,13,15H,3,8-12,17H2,1-2H3;1H. The van der Waals surface area contributed by atoms with Crippen LogP contribution < -0.4 is 5.73 Å². The molecule has 5 nitrogen and oxygen atoms in total. The van der Waals surface area contributed by atoms with Gasteiger partial charge in [-0.05, 0) is 23.6 Å². The van der Waals surface area contributed by atoms with Crippen molar-refractivity contribution in [3.05, 3.63) is 30.1 Å². The van der Waals surface area contributed by atoms with Crippen LogP contribution in [0.15, 0.2) is 24.5 Å². The molecule has 0 spiro atoms. The van der Waals surface area contributed by atoms with Crippen LogP contribution in [0.2, 0.25) is 0 Å². The zero-order valence-electron chi connectivity index (χ0n) is 13.4. The van der Waals surface area contributed by atoms with Gasteiger partial charge in [-0.2, -0.15) is 0 Å². The first-order valence-electron chi connectivity index (χ1n) is 7.77. The Morgan fingerprint density at radius 1 is 1.27 bits per heavy atom. The maximum atomic E-state index is 12.3. The molecule has 1 amide bonds. The first-order valence-corrected chi connectivity index (χ1v) is 7.77. The average Bonchev–Trinajstić information content (AvgIpc) is 2.54. The van der Waals surface area contributed by atoms with Gasteiger partial charge in [0.15, 0.2) is 0 Å². The minimum Gasteiger partial charge on any atom is -0.339 e. The van der Waals surface area contributed by atoms with Crippen molar-refractivity contribution in [2.45, 2.75) is 32.9 Å². The lowest BCUT2D eigenvalue weighted by Crippen LogP contribution is -2.54. The number of piperazine rings is 1. The third kappa shape index (κ3) is 4.93. The van der Waals surface area contributed by atoms with E-state index in [4.69, 9.17) is 5.73 Å². The topological polar surface area (TPSA) is 62.5 Å². The first kappa shape index (κ1) is 18.9. The van der Waals surface area contributed by atoms with Crippen molar-refractivity contribution < 1.29 is 4.79 Å². The lowest BCUT2D eigenvalue weighted by molar-refractivity contribution is -0.135. The Morgan fingerprint density at radius 2 is 1.86 bits per heavy atom. The highest BCUT2D eigenvalue weighted by molar-refractivity contribution is 5.85. The summed E-state index contributed by atoms with van der Waals surface area (Å²) in [5, 5.41) is 0. The highest BCUT2D eigenvalue weighted by Crippen LogP contribution is 2.12. The van der Waals surface area contributed by atoms with Crippen molar-refractivity contribution in [1.29, 1.82) is 0 Å². The number of rotatable bonds is 5. The van der Waals surface area contributed by atoms with E-state index in [1.165, 1.54) is 5.56 Å². The van der Waals surface area contributed by atoms with Crippen molar-refractivity contribution in [3.63, 3.8) is 0 Å².